The molecule has 45 heavy (non-hydrogen) atoms. The molecule has 9 nitrogen and oxygen atoms in total. The summed E-state index contributed by atoms with van der Waals surface area (Å²) < 4.78 is 28.3. The predicted molar refractivity (Wildman–Crippen MR) is 177 cm³/mol. The molecule has 0 saturated heterocycles. The maximum Gasteiger partial charge on any atom is 0.268 e. The van der Waals surface area contributed by atoms with E-state index in [1.54, 1.807) is 49.5 Å². The molecular formula is C35H40N4O5S. The number of hydrogen-bond acceptors (Lipinski definition) is 5. The van der Waals surface area contributed by atoms with Crippen molar-refractivity contribution in [2.24, 2.45) is 5.92 Å². The highest BCUT2D eigenvalue weighted by atomic mass is 32.2. The minimum Gasteiger partial charge on any atom is -0.345 e. The summed E-state index contributed by atoms with van der Waals surface area (Å²) in [6, 6.07) is 21.5. The van der Waals surface area contributed by atoms with E-state index in [1.165, 1.54) is 28.2 Å². The Morgan fingerprint density at radius 2 is 1.58 bits per heavy atom. The number of fused-ring (bicyclic) bond motifs is 1. The quantitative estimate of drug-likeness (QED) is 0.232. The molecule has 0 fully saturated rings. The van der Waals surface area contributed by atoms with Gasteiger partial charge in [-0.05, 0) is 49.1 Å². The molecule has 1 heterocycles. The summed E-state index contributed by atoms with van der Waals surface area (Å²) in [6.07, 6.45) is 5.32. The van der Waals surface area contributed by atoms with E-state index >= 15 is 0 Å². The largest absolute Gasteiger partial charge is 0.345 e. The summed E-state index contributed by atoms with van der Waals surface area (Å²) in [5.41, 5.74) is 2.92. The van der Waals surface area contributed by atoms with Gasteiger partial charge in [-0.15, -0.1) is 0 Å². The number of nitrogens with zero attached hydrogens (tertiary/aromatic N) is 2. The van der Waals surface area contributed by atoms with Crippen LogP contribution in [0.5, 0.6) is 0 Å². The number of hydrogen-bond donors (Lipinski definition) is 2. The van der Waals surface area contributed by atoms with Crippen LogP contribution in [0.15, 0.2) is 96.2 Å². The molecular weight excluding hydrogens is 588 g/mol. The minimum absolute atomic E-state index is 0.139. The average Bonchev–Trinajstić information content (AvgIpc) is 3.38. The Morgan fingerprint density at radius 1 is 0.933 bits per heavy atom. The van der Waals surface area contributed by atoms with Crippen LogP contribution in [0.1, 0.15) is 43.9 Å². The van der Waals surface area contributed by atoms with Gasteiger partial charge >= 0.3 is 0 Å². The van der Waals surface area contributed by atoms with Crippen molar-refractivity contribution < 1.29 is 22.8 Å². The first-order chi connectivity index (χ1) is 21.4. The lowest BCUT2D eigenvalue weighted by molar-refractivity contribution is -0.141. The van der Waals surface area contributed by atoms with Gasteiger partial charge in [-0.25, -0.2) is 12.4 Å². The average molecular weight is 629 g/mol. The second kappa shape index (κ2) is 14.4. The highest BCUT2D eigenvalue weighted by molar-refractivity contribution is 7.90. The summed E-state index contributed by atoms with van der Waals surface area (Å²) in [5, 5.41) is 6.23. The Hall–Kier alpha value is -4.70. The molecule has 236 valence electrons. The smallest absolute Gasteiger partial charge is 0.268 e. The molecule has 0 radical (unpaired) electrons. The van der Waals surface area contributed by atoms with Crippen molar-refractivity contribution in [2.45, 2.75) is 57.5 Å². The first kappa shape index (κ1) is 33.2. The van der Waals surface area contributed by atoms with E-state index in [2.05, 4.69) is 10.6 Å². The van der Waals surface area contributed by atoms with E-state index < -0.39 is 28.0 Å². The van der Waals surface area contributed by atoms with Gasteiger partial charge in [0.2, 0.25) is 17.7 Å². The van der Waals surface area contributed by atoms with Crippen LogP contribution in [0.3, 0.4) is 0 Å². The molecule has 0 saturated carbocycles. The van der Waals surface area contributed by atoms with Crippen LogP contribution in [-0.2, 0) is 30.8 Å². The Kier molecular flexibility index (Phi) is 10.6. The molecule has 0 aliphatic rings. The summed E-state index contributed by atoms with van der Waals surface area (Å²) in [4.78, 5) is 40.7. The normalized spacial score (nSPS) is 13.1. The zero-order valence-corrected chi connectivity index (χ0v) is 27.0. The lowest BCUT2D eigenvalue weighted by Gasteiger charge is -2.31. The number of nitrogens with one attached hydrogen (secondary N) is 2. The third-order valence-electron chi connectivity index (χ3n) is 7.55. The number of para-hydroxylation sites is 1. The number of carbonyl (C=O) groups excluding carboxylic acids is 3. The number of likely N-dealkylation sites (N-methyl/N-ethyl adjacent to an activating group) is 1. The zero-order valence-electron chi connectivity index (χ0n) is 26.2. The molecule has 2 atom stereocenters. The highest BCUT2D eigenvalue weighted by Gasteiger charge is 2.32. The molecule has 0 bridgehead atoms. The fourth-order valence-electron chi connectivity index (χ4n) is 5.22. The lowest BCUT2D eigenvalue weighted by Crippen LogP contribution is -2.54. The monoisotopic (exact) mass is 628 g/mol. The van der Waals surface area contributed by atoms with Gasteiger partial charge in [0, 0.05) is 43.7 Å². The number of aromatic nitrogens is 1. The molecule has 0 spiro atoms. The Morgan fingerprint density at radius 3 is 2.22 bits per heavy atom. The SMILES string of the molecule is CC(=O)N[C@@H](CC(C)C)C(=O)N(C)[C@@H](Cc1ccccc1)C(=O)N/C=C\c1cn(S(=O)(=O)c2ccc(C)cc2)c2ccccc12. The number of carbonyl (C=O) groups is 3. The molecule has 1 aromatic heterocycles. The topological polar surface area (TPSA) is 118 Å². The molecule has 0 aliphatic carbocycles. The van der Waals surface area contributed by atoms with Crippen molar-refractivity contribution in [2.75, 3.05) is 7.05 Å². The first-order valence-corrected chi connectivity index (χ1v) is 16.3. The van der Waals surface area contributed by atoms with Crippen LogP contribution in [0.25, 0.3) is 17.0 Å². The Balaban J connectivity index is 1.62. The fraction of sp³-hybridized carbons (Fsp3) is 0.286. The van der Waals surface area contributed by atoms with Crippen molar-refractivity contribution in [3.63, 3.8) is 0 Å². The minimum atomic E-state index is -3.88. The second-order valence-electron chi connectivity index (χ2n) is 11.6. The highest BCUT2D eigenvalue weighted by Crippen LogP contribution is 2.27. The van der Waals surface area contributed by atoms with Crippen LogP contribution < -0.4 is 10.6 Å². The van der Waals surface area contributed by atoms with E-state index in [-0.39, 0.29) is 29.0 Å². The summed E-state index contributed by atoms with van der Waals surface area (Å²) in [5.74, 6) is -0.963. The first-order valence-electron chi connectivity index (χ1n) is 14.9. The van der Waals surface area contributed by atoms with E-state index in [1.807, 2.05) is 63.2 Å². The molecule has 3 amide bonds. The lowest BCUT2D eigenvalue weighted by atomic mass is 10.00. The van der Waals surface area contributed by atoms with Gasteiger partial charge in [-0.2, -0.15) is 0 Å². The van der Waals surface area contributed by atoms with Gasteiger partial charge in [0.1, 0.15) is 12.1 Å². The molecule has 3 aromatic carbocycles. The molecule has 4 aromatic rings. The fourth-order valence-corrected chi connectivity index (χ4v) is 6.60. The number of aryl methyl sites for hydroxylation is 1. The van der Waals surface area contributed by atoms with Crippen LogP contribution in [0, 0.1) is 12.8 Å². The van der Waals surface area contributed by atoms with Gasteiger partial charge in [0.05, 0.1) is 10.4 Å². The zero-order chi connectivity index (χ0) is 32.7. The molecule has 10 heteroatoms. The van der Waals surface area contributed by atoms with Gasteiger partial charge in [-0.3, -0.25) is 14.4 Å². The van der Waals surface area contributed by atoms with E-state index in [4.69, 9.17) is 0 Å². The van der Waals surface area contributed by atoms with Crippen molar-refractivity contribution in [3.8, 4) is 0 Å². The van der Waals surface area contributed by atoms with Crippen LogP contribution in [-0.4, -0.2) is 54.1 Å². The molecule has 4 rings (SSSR count). The molecule has 2 N–H and O–H groups in total. The summed E-state index contributed by atoms with van der Waals surface area (Å²) >= 11 is 0. The number of amides is 3. The van der Waals surface area contributed by atoms with Crippen molar-refractivity contribution >= 4 is 44.7 Å². The van der Waals surface area contributed by atoms with Crippen molar-refractivity contribution in [1.82, 2.24) is 19.5 Å². The summed E-state index contributed by atoms with van der Waals surface area (Å²) in [6.45, 7) is 7.18. The standard InChI is InChI=1S/C35H40N4O5S/c1-24(2)21-31(37-26(4)40)35(42)38(5)33(22-27-11-7-6-8-12-27)34(41)36-20-19-28-23-39(32-14-10-9-13-30(28)32)45(43,44)29-17-15-25(3)16-18-29/h6-20,23-24,31,33H,21-22H2,1-5H3,(H,36,41)(H,37,40)/b20-19-/t31-,33-/m0/s1. The number of benzene rings is 3. The van der Waals surface area contributed by atoms with Gasteiger partial charge in [0.15, 0.2) is 0 Å². The van der Waals surface area contributed by atoms with E-state index in [0.717, 1.165) is 11.1 Å². The van der Waals surface area contributed by atoms with E-state index in [9.17, 15) is 22.8 Å². The van der Waals surface area contributed by atoms with Crippen LogP contribution in [0.4, 0.5) is 0 Å². The maximum atomic E-state index is 13.6. The second-order valence-corrected chi connectivity index (χ2v) is 13.4. The van der Waals surface area contributed by atoms with Crippen molar-refractivity contribution in [3.05, 3.63) is 108 Å². The van der Waals surface area contributed by atoms with Crippen LogP contribution in [0.2, 0.25) is 0 Å². The summed E-state index contributed by atoms with van der Waals surface area (Å²) in [7, 11) is -2.31. The maximum absolute atomic E-state index is 13.6. The van der Waals surface area contributed by atoms with Gasteiger partial charge in [0.25, 0.3) is 10.0 Å². The van der Waals surface area contributed by atoms with Gasteiger partial charge < -0.3 is 15.5 Å². The molecule has 0 aliphatic heterocycles. The predicted octanol–water partition coefficient (Wildman–Crippen LogP) is 4.89. The van der Waals surface area contributed by atoms with Crippen molar-refractivity contribution in [1.29, 1.82) is 0 Å². The van der Waals surface area contributed by atoms with Gasteiger partial charge in [-0.1, -0.05) is 80.1 Å². The third kappa shape index (κ3) is 8.07. The van der Waals surface area contributed by atoms with E-state index in [0.29, 0.717) is 22.9 Å². The van der Waals surface area contributed by atoms with Crippen LogP contribution >= 0.6 is 0 Å². The third-order valence-corrected chi connectivity index (χ3v) is 9.24. The Bertz CT molecular complexity index is 1790. The molecule has 0 unspecified atom stereocenters. The Labute approximate surface area is 265 Å². The number of rotatable bonds is 12.